The van der Waals surface area contributed by atoms with E-state index in [9.17, 15) is 9.59 Å². The molecule has 0 aliphatic heterocycles. The smallest absolute Gasteiger partial charge is 0.240 e. The summed E-state index contributed by atoms with van der Waals surface area (Å²) in [6, 6.07) is 19.4. The molecule has 6 nitrogen and oxygen atoms in total. The number of hydrazone groups is 2. The fourth-order valence-corrected chi connectivity index (χ4v) is 2.86. The summed E-state index contributed by atoms with van der Waals surface area (Å²) in [4.78, 5) is 24.3. The summed E-state index contributed by atoms with van der Waals surface area (Å²) in [6.45, 7) is 8.07. The predicted molar refractivity (Wildman–Crippen MR) is 121 cm³/mol. The molecule has 2 aromatic rings. The maximum atomic E-state index is 12.1. The van der Waals surface area contributed by atoms with Crippen LogP contribution in [0.1, 0.15) is 51.7 Å². The van der Waals surface area contributed by atoms with Gasteiger partial charge in [-0.2, -0.15) is 10.2 Å². The zero-order chi connectivity index (χ0) is 21.9. The van der Waals surface area contributed by atoms with E-state index >= 15 is 0 Å². The number of nitrogens with one attached hydrogen (secondary N) is 2. The van der Waals surface area contributed by atoms with Crippen molar-refractivity contribution in [1.82, 2.24) is 10.9 Å². The van der Waals surface area contributed by atoms with Gasteiger partial charge in [-0.05, 0) is 23.0 Å². The quantitative estimate of drug-likeness (QED) is 0.485. The number of nitrogens with zero attached hydrogens (tertiary/aromatic N) is 2. The number of benzene rings is 2. The molecule has 0 spiro atoms. The van der Waals surface area contributed by atoms with Crippen LogP contribution in [0.3, 0.4) is 0 Å². The number of carbonyl (C=O) groups excluding carboxylic acids is 2. The molecule has 2 rings (SSSR count). The van der Waals surface area contributed by atoms with E-state index in [0.717, 1.165) is 22.6 Å². The third-order valence-corrected chi connectivity index (χ3v) is 4.41. The first-order chi connectivity index (χ1) is 14.4. The van der Waals surface area contributed by atoms with Crippen molar-refractivity contribution >= 4 is 23.2 Å². The topological polar surface area (TPSA) is 82.9 Å². The SMILES string of the molecule is CC(C)/C(=N/NC(=O)CCC(=O)N/N=C(/c1ccccc1)C(C)C)c1ccccc1. The van der Waals surface area contributed by atoms with Crippen molar-refractivity contribution in [3.05, 3.63) is 71.8 Å². The van der Waals surface area contributed by atoms with Crippen LogP contribution in [-0.2, 0) is 9.59 Å². The first-order valence-electron chi connectivity index (χ1n) is 10.2. The molecule has 0 saturated carbocycles. The van der Waals surface area contributed by atoms with Gasteiger partial charge in [-0.1, -0.05) is 88.4 Å². The lowest BCUT2D eigenvalue weighted by Crippen LogP contribution is -2.26. The molecule has 2 N–H and O–H groups in total. The summed E-state index contributed by atoms with van der Waals surface area (Å²) in [5.74, 6) is -0.318. The lowest BCUT2D eigenvalue weighted by molar-refractivity contribution is -0.126. The molecule has 0 heterocycles. The molecular formula is C24H30N4O2. The molecule has 0 aliphatic carbocycles. The molecule has 0 aliphatic rings. The Hall–Kier alpha value is -3.28. The highest BCUT2D eigenvalue weighted by Crippen LogP contribution is 2.10. The zero-order valence-corrected chi connectivity index (χ0v) is 18.1. The second-order valence-corrected chi connectivity index (χ2v) is 7.61. The van der Waals surface area contributed by atoms with Crippen molar-refractivity contribution in [2.24, 2.45) is 22.0 Å². The number of rotatable bonds is 9. The van der Waals surface area contributed by atoms with E-state index in [1.807, 2.05) is 88.4 Å². The van der Waals surface area contributed by atoms with Crippen LogP contribution >= 0.6 is 0 Å². The minimum Gasteiger partial charge on any atom is -0.273 e. The van der Waals surface area contributed by atoms with E-state index in [0.29, 0.717) is 0 Å². The molecule has 0 radical (unpaired) electrons. The van der Waals surface area contributed by atoms with Crippen molar-refractivity contribution < 1.29 is 9.59 Å². The molecular weight excluding hydrogens is 376 g/mol. The van der Waals surface area contributed by atoms with Crippen molar-refractivity contribution in [1.29, 1.82) is 0 Å². The highest BCUT2D eigenvalue weighted by atomic mass is 16.2. The Bertz CT molecular complexity index is 812. The van der Waals surface area contributed by atoms with E-state index in [1.54, 1.807) is 0 Å². The van der Waals surface area contributed by atoms with Crippen LogP contribution in [-0.4, -0.2) is 23.2 Å². The highest BCUT2D eigenvalue weighted by Gasteiger charge is 2.12. The molecule has 158 valence electrons. The van der Waals surface area contributed by atoms with Crippen molar-refractivity contribution in [3.8, 4) is 0 Å². The minimum absolute atomic E-state index is 0.0351. The minimum atomic E-state index is -0.310. The monoisotopic (exact) mass is 406 g/mol. The fourth-order valence-electron chi connectivity index (χ4n) is 2.86. The number of amides is 2. The largest absolute Gasteiger partial charge is 0.273 e. The van der Waals surface area contributed by atoms with Gasteiger partial charge in [-0.3, -0.25) is 9.59 Å². The molecule has 0 unspecified atom stereocenters. The lowest BCUT2D eigenvalue weighted by Gasteiger charge is -2.11. The predicted octanol–water partition coefficient (Wildman–Crippen LogP) is 4.12. The molecule has 2 amide bonds. The third-order valence-electron chi connectivity index (χ3n) is 4.41. The van der Waals surface area contributed by atoms with Gasteiger partial charge >= 0.3 is 0 Å². The van der Waals surface area contributed by atoms with Crippen LogP contribution < -0.4 is 10.9 Å². The van der Waals surface area contributed by atoms with E-state index in [1.165, 1.54) is 0 Å². The number of carbonyl (C=O) groups is 2. The van der Waals surface area contributed by atoms with Gasteiger partial charge in [0.2, 0.25) is 11.8 Å². The van der Waals surface area contributed by atoms with Gasteiger partial charge in [0.1, 0.15) is 0 Å². The standard InChI is InChI=1S/C24H30N4O2/c1-17(2)23(19-11-7-5-8-12-19)27-25-21(29)15-16-22(30)26-28-24(18(3)4)20-13-9-6-10-14-20/h5-14,17-18H,15-16H2,1-4H3,(H,25,29)(H,26,30)/b27-23-,28-24+. The first kappa shape index (κ1) is 23.0. The Balaban J connectivity index is 1.90. The summed E-state index contributed by atoms with van der Waals surface area (Å²) in [6.07, 6.45) is 0.0702. The molecule has 2 aromatic carbocycles. The summed E-state index contributed by atoms with van der Waals surface area (Å²) >= 11 is 0. The van der Waals surface area contributed by atoms with Crippen molar-refractivity contribution in [2.45, 2.75) is 40.5 Å². The third kappa shape index (κ3) is 7.28. The zero-order valence-electron chi connectivity index (χ0n) is 18.1. The van der Waals surface area contributed by atoms with Crippen LogP contribution in [0, 0.1) is 11.8 Å². The normalized spacial score (nSPS) is 12.2. The van der Waals surface area contributed by atoms with Gasteiger partial charge in [-0.15, -0.1) is 0 Å². The Labute approximate surface area is 178 Å². The van der Waals surface area contributed by atoms with Gasteiger partial charge < -0.3 is 0 Å². The van der Waals surface area contributed by atoms with Crippen LogP contribution in [0.15, 0.2) is 70.9 Å². The average Bonchev–Trinajstić information content (AvgIpc) is 2.73. The summed E-state index contributed by atoms with van der Waals surface area (Å²) in [7, 11) is 0. The van der Waals surface area contributed by atoms with Crippen LogP contribution in [0.2, 0.25) is 0 Å². The molecule has 0 bridgehead atoms. The molecule has 0 atom stereocenters. The first-order valence-corrected chi connectivity index (χ1v) is 10.2. The van der Waals surface area contributed by atoms with E-state index < -0.39 is 0 Å². The molecule has 0 fully saturated rings. The lowest BCUT2D eigenvalue weighted by atomic mass is 10.0. The van der Waals surface area contributed by atoms with Gasteiger partial charge in [0.25, 0.3) is 0 Å². The molecule has 0 saturated heterocycles. The van der Waals surface area contributed by atoms with Crippen LogP contribution in [0.4, 0.5) is 0 Å². The van der Waals surface area contributed by atoms with Crippen LogP contribution in [0.5, 0.6) is 0 Å². The van der Waals surface area contributed by atoms with Crippen molar-refractivity contribution in [3.63, 3.8) is 0 Å². The summed E-state index contributed by atoms with van der Waals surface area (Å²) in [5.41, 5.74) is 8.63. The molecule has 0 aromatic heterocycles. The molecule has 30 heavy (non-hydrogen) atoms. The maximum Gasteiger partial charge on any atom is 0.240 e. The second-order valence-electron chi connectivity index (χ2n) is 7.61. The van der Waals surface area contributed by atoms with Gasteiger partial charge in [-0.25, -0.2) is 10.9 Å². The van der Waals surface area contributed by atoms with Crippen LogP contribution in [0.25, 0.3) is 0 Å². The average molecular weight is 407 g/mol. The van der Waals surface area contributed by atoms with Gasteiger partial charge in [0, 0.05) is 12.8 Å². The van der Waals surface area contributed by atoms with Gasteiger partial charge in [0.05, 0.1) is 11.4 Å². The summed E-state index contributed by atoms with van der Waals surface area (Å²) < 4.78 is 0. The Morgan fingerprint density at radius 3 is 1.30 bits per heavy atom. The van der Waals surface area contributed by atoms with Gasteiger partial charge in [0.15, 0.2) is 0 Å². The molecule has 6 heteroatoms. The maximum absolute atomic E-state index is 12.1. The number of hydrogen-bond acceptors (Lipinski definition) is 4. The van der Waals surface area contributed by atoms with E-state index in [2.05, 4.69) is 21.1 Å². The van der Waals surface area contributed by atoms with Crippen molar-refractivity contribution in [2.75, 3.05) is 0 Å². The number of hydrogen-bond donors (Lipinski definition) is 2. The summed E-state index contributed by atoms with van der Waals surface area (Å²) in [5, 5.41) is 8.53. The van der Waals surface area contributed by atoms with E-state index in [4.69, 9.17) is 0 Å². The Kier molecular flexibility index (Phi) is 8.94. The fraction of sp³-hybridized carbons (Fsp3) is 0.333. The second kappa shape index (κ2) is 11.7. The Morgan fingerprint density at radius 1 is 0.667 bits per heavy atom. The van der Waals surface area contributed by atoms with E-state index in [-0.39, 0.29) is 36.5 Å². The Morgan fingerprint density at radius 2 is 1.00 bits per heavy atom. The highest BCUT2D eigenvalue weighted by molar-refractivity contribution is 6.03.